The lowest BCUT2D eigenvalue weighted by atomic mass is 9.90. The van der Waals surface area contributed by atoms with E-state index in [0.717, 1.165) is 4.90 Å². The highest BCUT2D eigenvalue weighted by atomic mass is 19.1. The number of amides is 2. The van der Waals surface area contributed by atoms with E-state index in [-0.39, 0.29) is 0 Å². The summed E-state index contributed by atoms with van der Waals surface area (Å²) >= 11 is 0. The van der Waals surface area contributed by atoms with Crippen molar-refractivity contribution in [3.63, 3.8) is 0 Å². The molecule has 2 aliphatic rings. The summed E-state index contributed by atoms with van der Waals surface area (Å²) < 4.78 is 20.3. The number of carbonyl (C=O) groups excluding carboxylic acids is 2. The highest BCUT2D eigenvalue weighted by Crippen LogP contribution is 2.48. The van der Waals surface area contributed by atoms with Crippen LogP contribution in [0.3, 0.4) is 0 Å². The van der Waals surface area contributed by atoms with Crippen LogP contribution in [0.1, 0.15) is 18.5 Å². The molecule has 162 valence electrons. The van der Waals surface area contributed by atoms with Crippen molar-refractivity contribution < 1.29 is 23.6 Å². The van der Waals surface area contributed by atoms with Gasteiger partial charge in [-0.2, -0.15) is 0 Å². The molecule has 0 unspecified atom stereocenters. The molecule has 2 heterocycles. The number of benzene rings is 3. The van der Waals surface area contributed by atoms with E-state index < -0.39 is 35.7 Å². The number of para-hydroxylation sites is 1. The third-order valence-electron chi connectivity index (χ3n) is 5.76. The minimum Gasteiger partial charge on any atom is -0.494 e. The number of hydroxylamine groups is 1. The number of anilines is 2. The third kappa shape index (κ3) is 3.22. The molecule has 0 aliphatic carbocycles. The van der Waals surface area contributed by atoms with Gasteiger partial charge >= 0.3 is 0 Å². The molecular formula is C25H21FN2O4. The number of fused-ring (bicyclic) bond motifs is 1. The van der Waals surface area contributed by atoms with Crippen LogP contribution in [0.4, 0.5) is 15.8 Å². The Morgan fingerprint density at radius 3 is 2.25 bits per heavy atom. The lowest BCUT2D eigenvalue weighted by molar-refractivity contribution is -0.126. The predicted molar refractivity (Wildman–Crippen MR) is 117 cm³/mol. The van der Waals surface area contributed by atoms with Gasteiger partial charge in [-0.05, 0) is 49.4 Å². The number of carbonyl (C=O) groups is 2. The molecule has 3 aromatic rings. The maximum absolute atomic E-state index is 14.8. The van der Waals surface area contributed by atoms with E-state index in [1.54, 1.807) is 54.6 Å². The van der Waals surface area contributed by atoms with Crippen LogP contribution in [-0.2, 0) is 14.4 Å². The topological polar surface area (TPSA) is 59.1 Å². The van der Waals surface area contributed by atoms with Gasteiger partial charge in [0.2, 0.25) is 5.91 Å². The van der Waals surface area contributed by atoms with Gasteiger partial charge in [-0.25, -0.2) is 14.4 Å². The molecule has 7 heteroatoms. The Balaban J connectivity index is 1.55. The number of nitrogens with zero attached hydrogens (tertiary/aromatic N) is 2. The van der Waals surface area contributed by atoms with E-state index in [1.807, 2.05) is 25.1 Å². The van der Waals surface area contributed by atoms with Gasteiger partial charge < -0.3 is 4.74 Å². The third-order valence-corrected chi connectivity index (χ3v) is 5.76. The minimum absolute atomic E-state index is 0.304. The summed E-state index contributed by atoms with van der Waals surface area (Å²) in [4.78, 5) is 33.9. The Bertz CT molecular complexity index is 1150. The zero-order valence-corrected chi connectivity index (χ0v) is 17.4. The first-order valence-electron chi connectivity index (χ1n) is 10.5. The lowest BCUT2D eigenvalue weighted by Crippen LogP contribution is -2.37. The van der Waals surface area contributed by atoms with E-state index in [9.17, 15) is 14.0 Å². The summed E-state index contributed by atoms with van der Waals surface area (Å²) in [6.07, 6.45) is -1.04. The molecule has 5 rings (SSSR count). The molecule has 2 amide bonds. The van der Waals surface area contributed by atoms with Gasteiger partial charge in [0.05, 0.1) is 24.0 Å². The van der Waals surface area contributed by atoms with Crippen molar-refractivity contribution in [3.8, 4) is 5.75 Å². The zero-order chi connectivity index (χ0) is 22.2. The van der Waals surface area contributed by atoms with Gasteiger partial charge in [0.25, 0.3) is 5.91 Å². The number of hydrogen-bond acceptors (Lipinski definition) is 5. The van der Waals surface area contributed by atoms with Gasteiger partial charge in [0, 0.05) is 5.56 Å². The van der Waals surface area contributed by atoms with Gasteiger partial charge in [0.1, 0.15) is 17.5 Å². The lowest BCUT2D eigenvalue weighted by Gasteiger charge is -2.29. The second-order valence-electron chi connectivity index (χ2n) is 7.62. The molecule has 2 fully saturated rings. The Kier molecular flexibility index (Phi) is 5.11. The Labute approximate surface area is 184 Å². The van der Waals surface area contributed by atoms with E-state index >= 15 is 0 Å². The van der Waals surface area contributed by atoms with Gasteiger partial charge in [-0.15, -0.1) is 0 Å². The average molecular weight is 432 g/mol. The second kappa shape index (κ2) is 8.09. The van der Waals surface area contributed by atoms with Crippen LogP contribution in [0, 0.1) is 11.7 Å². The summed E-state index contributed by atoms with van der Waals surface area (Å²) in [5, 5.41) is 1.49. The molecule has 3 atom stereocenters. The van der Waals surface area contributed by atoms with Crippen LogP contribution in [0.25, 0.3) is 0 Å². The molecule has 6 nitrogen and oxygen atoms in total. The normalized spacial score (nSPS) is 22.4. The monoisotopic (exact) mass is 432 g/mol. The molecule has 2 saturated heterocycles. The molecule has 3 aromatic carbocycles. The van der Waals surface area contributed by atoms with Crippen LogP contribution in [0.5, 0.6) is 5.75 Å². The first-order valence-corrected chi connectivity index (χ1v) is 10.5. The molecule has 0 bridgehead atoms. The average Bonchev–Trinajstić information content (AvgIpc) is 3.32. The molecule has 32 heavy (non-hydrogen) atoms. The largest absolute Gasteiger partial charge is 0.494 e. The predicted octanol–water partition coefficient (Wildman–Crippen LogP) is 4.28. The van der Waals surface area contributed by atoms with Crippen molar-refractivity contribution >= 4 is 23.2 Å². The maximum atomic E-state index is 14.8. The quantitative estimate of drug-likeness (QED) is 0.564. The highest BCUT2D eigenvalue weighted by molar-refractivity contribution is 6.23. The Hall–Kier alpha value is -3.71. The van der Waals surface area contributed by atoms with Gasteiger partial charge in [-0.3, -0.25) is 14.4 Å². The van der Waals surface area contributed by atoms with Crippen LogP contribution in [0.2, 0.25) is 0 Å². The van der Waals surface area contributed by atoms with Crippen LogP contribution >= 0.6 is 0 Å². The standard InChI is InChI=1S/C25H21FN2O4/c1-2-31-18-14-12-16(13-15-18)27-24(29)21-22(19-10-6-7-11-20(19)26)28(32-23(21)25(27)30)17-8-4-3-5-9-17/h3-15,21-23H,2H2,1H3/t21-,22+,23-/m0/s1. The molecule has 0 radical (unpaired) electrons. The molecule has 0 N–H and O–H groups in total. The fourth-order valence-corrected chi connectivity index (χ4v) is 4.36. The first-order chi connectivity index (χ1) is 15.6. The summed E-state index contributed by atoms with van der Waals surface area (Å²) in [6.45, 7) is 2.39. The number of halogens is 1. The number of imide groups is 1. The van der Waals surface area contributed by atoms with Gasteiger partial charge in [0.15, 0.2) is 6.10 Å². The highest BCUT2D eigenvalue weighted by Gasteiger charge is 2.60. The van der Waals surface area contributed by atoms with E-state index in [1.165, 1.54) is 11.1 Å². The van der Waals surface area contributed by atoms with Crippen LogP contribution in [-0.4, -0.2) is 24.5 Å². The van der Waals surface area contributed by atoms with Crippen molar-refractivity contribution in [2.75, 3.05) is 16.6 Å². The molecule has 2 aliphatic heterocycles. The van der Waals surface area contributed by atoms with E-state index in [0.29, 0.717) is 29.3 Å². The van der Waals surface area contributed by atoms with Crippen molar-refractivity contribution in [1.82, 2.24) is 0 Å². The van der Waals surface area contributed by atoms with Crippen molar-refractivity contribution in [1.29, 1.82) is 0 Å². The molecule has 0 aromatic heterocycles. The van der Waals surface area contributed by atoms with Crippen molar-refractivity contribution in [2.45, 2.75) is 19.1 Å². The fourth-order valence-electron chi connectivity index (χ4n) is 4.36. The fraction of sp³-hybridized carbons (Fsp3) is 0.200. The van der Waals surface area contributed by atoms with Crippen LogP contribution < -0.4 is 14.7 Å². The van der Waals surface area contributed by atoms with E-state index in [2.05, 4.69) is 0 Å². The van der Waals surface area contributed by atoms with Gasteiger partial charge in [-0.1, -0.05) is 36.4 Å². The van der Waals surface area contributed by atoms with Crippen LogP contribution in [0.15, 0.2) is 78.9 Å². The van der Waals surface area contributed by atoms with E-state index in [4.69, 9.17) is 9.57 Å². The summed E-state index contributed by atoms with van der Waals surface area (Å²) in [5.41, 5.74) is 1.38. The summed E-state index contributed by atoms with van der Waals surface area (Å²) in [7, 11) is 0. The number of ether oxygens (including phenoxy) is 1. The minimum atomic E-state index is -1.04. The smallest absolute Gasteiger partial charge is 0.266 e. The SMILES string of the molecule is CCOc1ccc(N2C(=O)[C@@H]3[C@H](ON(c4ccccc4)[C@@H]3c3ccccc3F)C2=O)cc1. The summed E-state index contributed by atoms with van der Waals surface area (Å²) in [6, 6.07) is 21.3. The Morgan fingerprint density at radius 1 is 0.875 bits per heavy atom. The number of hydrogen-bond donors (Lipinski definition) is 0. The second-order valence-corrected chi connectivity index (χ2v) is 7.62. The zero-order valence-electron chi connectivity index (χ0n) is 17.4. The van der Waals surface area contributed by atoms with Crippen molar-refractivity contribution in [2.24, 2.45) is 5.92 Å². The van der Waals surface area contributed by atoms with Crippen molar-refractivity contribution in [3.05, 3.63) is 90.2 Å². The maximum Gasteiger partial charge on any atom is 0.266 e. The molecular weight excluding hydrogens is 411 g/mol. The first kappa shape index (κ1) is 20.2. The Morgan fingerprint density at radius 2 is 1.56 bits per heavy atom. The molecule has 0 saturated carbocycles. The number of rotatable bonds is 5. The summed E-state index contributed by atoms with van der Waals surface area (Å²) in [5.74, 6) is -1.58. The molecule has 0 spiro atoms.